The number of nitro groups is 1. The fourth-order valence-corrected chi connectivity index (χ4v) is 6.20. The molecule has 0 saturated heterocycles. The predicted molar refractivity (Wildman–Crippen MR) is 130 cm³/mol. The van der Waals surface area contributed by atoms with Gasteiger partial charge >= 0.3 is 29.8 Å². The number of hydrogen-bond donors (Lipinski definition) is 0. The normalized spacial score (nSPS) is 29.3. The number of esters is 5. The van der Waals surface area contributed by atoms with Crippen LogP contribution in [-0.2, 0) is 47.7 Å². The van der Waals surface area contributed by atoms with Gasteiger partial charge in [-0.2, -0.15) is 0 Å². The van der Waals surface area contributed by atoms with Crippen LogP contribution in [0.15, 0.2) is 24.3 Å². The van der Waals surface area contributed by atoms with Crippen molar-refractivity contribution in [3.63, 3.8) is 0 Å². The molecule has 0 aromatic heterocycles. The van der Waals surface area contributed by atoms with Crippen molar-refractivity contribution in [2.24, 2.45) is 23.7 Å². The third-order valence-electron chi connectivity index (χ3n) is 7.43. The Morgan fingerprint density at radius 1 is 0.872 bits per heavy atom. The summed E-state index contributed by atoms with van der Waals surface area (Å²) in [6.07, 6.45) is 1.53. The van der Waals surface area contributed by atoms with Gasteiger partial charge in [-0.25, -0.2) is 0 Å². The molecular weight excluding hydrogens is 518 g/mol. The van der Waals surface area contributed by atoms with Crippen LogP contribution in [0.5, 0.6) is 0 Å². The molecular formula is C26H33NO12. The average molecular weight is 552 g/mol. The second kappa shape index (κ2) is 12.0. The van der Waals surface area contributed by atoms with Crippen LogP contribution in [0, 0.1) is 33.8 Å². The van der Waals surface area contributed by atoms with Gasteiger partial charge in [-0.3, -0.25) is 34.1 Å². The molecule has 0 aromatic rings. The van der Waals surface area contributed by atoms with Gasteiger partial charge < -0.3 is 23.7 Å². The monoisotopic (exact) mass is 551 g/mol. The Morgan fingerprint density at radius 2 is 1.46 bits per heavy atom. The number of ether oxygens (including phenoxy) is 5. The topological polar surface area (TPSA) is 175 Å². The molecule has 0 unspecified atom stereocenters. The summed E-state index contributed by atoms with van der Waals surface area (Å²) in [6.45, 7) is 4.77. The molecule has 1 fully saturated rings. The van der Waals surface area contributed by atoms with Gasteiger partial charge in [-0.05, 0) is 30.8 Å². The van der Waals surface area contributed by atoms with Crippen LogP contribution >= 0.6 is 0 Å². The van der Waals surface area contributed by atoms with Gasteiger partial charge in [0.25, 0.3) is 5.54 Å². The molecule has 0 spiro atoms. The Kier molecular flexibility index (Phi) is 9.13. The largest absolute Gasteiger partial charge is 0.462 e. The average Bonchev–Trinajstić information content (AvgIpc) is 3.34. The summed E-state index contributed by atoms with van der Waals surface area (Å²) in [4.78, 5) is 72.8. The van der Waals surface area contributed by atoms with Crippen molar-refractivity contribution in [2.45, 2.75) is 77.4 Å². The van der Waals surface area contributed by atoms with Crippen LogP contribution in [-0.4, -0.2) is 71.3 Å². The third kappa shape index (κ3) is 6.28. The zero-order valence-corrected chi connectivity index (χ0v) is 22.4. The summed E-state index contributed by atoms with van der Waals surface area (Å²) < 4.78 is 26.9. The summed E-state index contributed by atoms with van der Waals surface area (Å²) in [7, 11) is 0. The third-order valence-corrected chi connectivity index (χ3v) is 7.43. The number of rotatable bonds is 11. The van der Waals surface area contributed by atoms with E-state index in [1.807, 2.05) is 6.08 Å². The number of carbonyl (C=O) groups is 5. The predicted octanol–water partition coefficient (Wildman–Crippen LogP) is 1.69. The van der Waals surface area contributed by atoms with Crippen LogP contribution in [0.2, 0.25) is 0 Å². The van der Waals surface area contributed by atoms with Crippen molar-refractivity contribution in [3.8, 4) is 0 Å². The molecule has 0 amide bonds. The lowest BCUT2D eigenvalue weighted by molar-refractivity contribution is -0.585. The van der Waals surface area contributed by atoms with Crippen LogP contribution in [0.4, 0.5) is 0 Å². The van der Waals surface area contributed by atoms with Crippen molar-refractivity contribution >= 4 is 29.8 Å². The standard InChI is InChI=1S/C26H33NO12/c1-13(28)35-12-22(36-14(2)29)24(38-16(4)31)25(39-17(5)32)23(37-15(3)30)21-11-18-9-10-26(21,27(33)34)20-8-6-7-19(18)20/h6,8-10,18-25H,7,11-12H2,1-5H3/t18-,19-,20-,21-,22+,23-,24-,25+,26+/m0/s1. The Balaban J connectivity index is 2.17. The van der Waals surface area contributed by atoms with Crippen LogP contribution < -0.4 is 0 Å². The fourth-order valence-electron chi connectivity index (χ4n) is 6.20. The van der Waals surface area contributed by atoms with Crippen molar-refractivity contribution in [1.82, 2.24) is 0 Å². The Bertz CT molecular complexity index is 1080. The molecule has 1 saturated carbocycles. The van der Waals surface area contributed by atoms with E-state index in [4.69, 9.17) is 23.7 Å². The van der Waals surface area contributed by atoms with E-state index in [9.17, 15) is 34.1 Å². The summed E-state index contributed by atoms with van der Waals surface area (Å²) in [5.74, 6) is -5.83. The van der Waals surface area contributed by atoms with E-state index in [0.29, 0.717) is 6.42 Å². The van der Waals surface area contributed by atoms with Crippen LogP contribution in [0.1, 0.15) is 47.5 Å². The highest BCUT2D eigenvalue weighted by Gasteiger charge is 2.68. The second-order valence-corrected chi connectivity index (χ2v) is 10.0. The lowest BCUT2D eigenvalue weighted by atomic mass is 9.53. The Labute approximate surface area is 224 Å². The van der Waals surface area contributed by atoms with Crippen molar-refractivity contribution in [2.75, 3.05) is 6.61 Å². The van der Waals surface area contributed by atoms with E-state index in [-0.39, 0.29) is 18.3 Å². The highest BCUT2D eigenvalue weighted by molar-refractivity contribution is 5.69. The van der Waals surface area contributed by atoms with Crippen molar-refractivity contribution < 1.29 is 52.6 Å². The number of fused-ring (bicyclic) bond motifs is 1. The molecule has 0 aliphatic heterocycles. The molecule has 0 aromatic carbocycles. The molecule has 2 bridgehead atoms. The van der Waals surface area contributed by atoms with Gasteiger partial charge in [0.15, 0.2) is 24.4 Å². The van der Waals surface area contributed by atoms with Gasteiger partial charge in [-0.1, -0.05) is 18.2 Å². The van der Waals surface area contributed by atoms with E-state index in [1.54, 1.807) is 12.2 Å². The highest BCUT2D eigenvalue weighted by atomic mass is 16.6. The molecule has 4 aliphatic rings. The smallest absolute Gasteiger partial charge is 0.303 e. The minimum atomic E-state index is -1.72. The van der Waals surface area contributed by atoms with Gasteiger partial charge in [-0.15, -0.1) is 0 Å². The Hall–Kier alpha value is -3.77. The van der Waals surface area contributed by atoms with E-state index in [2.05, 4.69) is 0 Å². The number of carbonyl (C=O) groups excluding carboxylic acids is 5. The SMILES string of the molecule is CC(=O)OC[C@@H](OC(C)=O)[C@H](OC(C)=O)[C@H](OC(C)=O)[C@@H](OC(C)=O)[C@@H]1C[C@@H]2C=C[C@@]1([N+](=O)[O-])[C@H]1C=CC[C@@H]21. The van der Waals surface area contributed by atoms with Gasteiger partial charge in [0.05, 0.1) is 11.8 Å². The second-order valence-electron chi connectivity index (χ2n) is 10.0. The van der Waals surface area contributed by atoms with Crippen molar-refractivity contribution in [3.05, 3.63) is 34.4 Å². The van der Waals surface area contributed by atoms with E-state index < -0.39 is 83.2 Å². The maximum absolute atomic E-state index is 12.8. The molecule has 0 N–H and O–H groups in total. The number of hydrogen-bond acceptors (Lipinski definition) is 12. The molecule has 13 nitrogen and oxygen atoms in total. The maximum Gasteiger partial charge on any atom is 0.303 e. The molecule has 9 atom stereocenters. The van der Waals surface area contributed by atoms with Crippen LogP contribution in [0.3, 0.4) is 0 Å². The maximum atomic E-state index is 12.8. The molecule has 4 aliphatic carbocycles. The minimum Gasteiger partial charge on any atom is -0.462 e. The van der Waals surface area contributed by atoms with E-state index in [0.717, 1.165) is 34.6 Å². The summed E-state index contributed by atoms with van der Waals surface area (Å²) in [5.41, 5.74) is -1.72. The lowest BCUT2D eigenvalue weighted by Gasteiger charge is -2.52. The van der Waals surface area contributed by atoms with Crippen molar-refractivity contribution in [1.29, 1.82) is 0 Å². The molecule has 0 heterocycles. The zero-order valence-electron chi connectivity index (χ0n) is 22.4. The molecule has 214 valence electrons. The molecule has 39 heavy (non-hydrogen) atoms. The lowest BCUT2D eigenvalue weighted by Crippen LogP contribution is -2.66. The highest BCUT2D eigenvalue weighted by Crippen LogP contribution is 2.57. The van der Waals surface area contributed by atoms with Gasteiger partial charge in [0, 0.05) is 39.5 Å². The fraction of sp³-hybridized carbons (Fsp3) is 0.654. The first kappa shape index (κ1) is 29.8. The number of nitrogens with zero attached hydrogens (tertiary/aromatic N) is 1. The zero-order chi connectivity index (χ0) is 29.1. The summed E-state index contributed by atoms with van der Waals surface area (Å²) in [5, 5.41) is 12.8. The summed E-state index contributed by atoms with van der Waals surface area (Å²) in [6, 6.07) is 0. The molecule has 4 rings (SSSR count). The molecule has 13 heteroatoms. The van der Waals surface area contributed by atoms with Gasteiger partial charge in [0.1, 0.15) is 6.61 Å². The summed E-state index contributed by atoms with van der Waals surface area (Å²) >= 11 is 0. The first-order valence-corrected chi connectivity index (χ1v) is 12.6. The van der Waals surface area contributed by atoms with E-state index in [1.165, 1.54) is 6.08 Å². The molecule has 0 radical (unpaired) electrons. The minimum absolute atomic E-state index is 0.0242. The van der Waals surface area contributed by atoms with Gasteiger partial charge in [0.2, 0.25) is 0 Å². The van der Waals surface area contributed by atoms with Crippen LogP contribution in [0.25, 0.3) is 0 Å². The van der Waals surface area contributed by atoms with E-state index >= 15 is 0 Å². The first-order chi connectivity index (χ1) is 18.3. The number of allylic oxidation sites excluding steroid dienone is 2. The Morgan fingerprint density at radius 3 is 2.00 bits per heavy atom. The first-order valence-electron chi connectivity index (χ1n) is 12.6. The quantitative estimate of drug-likeness (QED) is 0.120.